The van der Waals surface area contributed by atoms with E-state index in [0.717, 1.165) is 11.1 Å². The highest BCUT2D eigenvalue weighted by Crippen LogP contribution is 2.13. The zero-order valence-electron chi connectivity index (χ0n) is 10.5. The predicted molar refractivity (Wildman–Crippen MR) is 66.7 cm³/mol. The zero-order chi connectivity index (χ0) is 12.7. The molecule has 0 aliphatic carbocycles. The van der Waals surface area contributed by atoms with Gasteiger partial charge in [0.05, 0.1) is 6.61 Å². The lowest BCUT2D eigenvalue weighted by molar-refractivity contribution is -0.116. The van der Waals surface area contributed by atoms with Crippen LogP contribution < -0.4 is 10.1 Å². The number of hydrogen-bond donors (Lipinski definition) is 1. The SMILES string of the molecule is CCOc1ncccc1CNC(=O)C=C(C)C. The second-order valence-electron chi connectivity index (χ2n) is 3.84. The van der Waals surface area contributed by atoms with Crippen molar-refractivity contribution in [3.63, 3.8) is 0 Å². The Balaban J connectivity index is 2.62. The maximum atomic E-state index is 11.4. The molecular weight excluding hydrogens is 216 g/mol. The first kappa shape index (κ1) is 13.2. The van der Waals surface area contributed by atoms with Crippen molar-refractivity contribution in [1.82, 2.24) is 10.3 Å². The summed E-state index contributed by atoms with van der Waals surface area (Å²) in [6.07, 6.45) is 3.24. The van der Waals surface area contributed by atoms with Crippen LogP contribution in [0.1, 0.15) is 26.3 Å². The largest absolute Gasteiger partial charge is 0.478 e. The van der Waals surface area contributed by atoms with E-state index in [0.29, 0.717) is 19.0 Å². The topological polar surface area (TPSA) is 51.2 Å². The molecule has 4 nitrogen and oxygen atoms in total. The molecule has 0 atom stereocenters. The molecule has 0 aromatic carbocycles. The molecule has 17 heavy (non-hydrogen) atoms. The fourth-order valence-electron chi connectivity index (χ4n) is 1.32. The Morgan fingerprint density at radius 2 is 2.29 bits per heavy atom. The second kappa shape index (κ2) is 6.68. The molecule has 0 spiro atoms. The van der Waals surface area contributed by atoms with Gasteiger partial charge in [-0.15, -0.1) is 0 Å². The van der Waals surface area contributed by atoms with Crippen LogP contribution >= 0.6 is 0 Å². The average Bonchev–Trinajstić information content (AvgIpc) is 2.27. The van der Waals surface area contributed by atoms with Gasteiger partial charge in [0.2, 0.25) is 11.8 Å². The molecule has 0 saturated carbocycles. The van der Waals surface area contributed by atoms with Crippen molar-refractivity contribution in [3.8, 4) is 5.88 Å². The van der Waals surface area contributed by atoms with Gasteiger partial charge in [-0.25, -0.2) is 4.98 Å². The summed E-state index contributed by atoms with van der Waals surface area (Å²) < 4.78 is 5.37. The Bertz CT molecular complexity index is 410. The molecule has 0 fully saturated rings. The Morgan fingerprint density at radius 3 is 2.94 bits per heavy atom. The van der Waals surface area contributed by atoms with E-state index in [4.69, 9.17) is 4.74 Å². The van der Waals surface area contributed by atoms with Crippen LogP contribution in [0.2, 0.25) is 0 Å². The quantitative estimate of drug-likeness (QED) is 0.793. The lowest BCUT2D eigenvalue weighted by Gasteiger charge is -2.08. The number of ether oxygens (including phenoxy) is 1. The number of aromatic nitrogens is 1. The molecule has 1 N–H and O–H groups in total. The lowest BCUT2D eigenvalue weighted by Crippen LogP contribution is -2.21. The van der Waals surface area contributed by atoms with Crippen LogP contribution in [-0.4, -0.2) is 17.5 Å². The first-order valence-corrected chi connectivity index (χ1v) is 5.63. The first-order chi connectivity index (χ1) is 8.13. The maximum absolute atomic E-state index is 11.4. The molecular formula is C13H18N2O2. The molecule has 1 amide bonds. The summed E-state index contributed by atoms with van der Waals surface area (Å²) in [5, 5.41) is 2.79. The minimum absolute atomic E-state index is 0.101. The summed E-state index contributed by atoms with van der Waals surface area (Å²) in [6, 6.07) is 3.71. The van der Waals surface area contributed by atoms with Gasteiger partial charge in [-0.05, 0) is 26.8 Å². The number of pyridine rings is 1. The number of carbonyl (C=O) groups is 1. The molecule has 4 heteroatoms. The molecule has 1 aromatic heterocycles. The van der Waals surface area contributed by atoms with Crippen molar-refractivity contribution >= 4 is 5.91 Å². The van der Waals surface area contributed by atoms with Gasteiger partial charge >= 0.3 is 0 Å². The van der Waals surface area contributed by atoms with E-state index in [1.165, 1.54) is 0 Å². The molecule has 92 valence electrons. The zero-order valence-corrected chi connectivity index (χ0v) is 10.5. The molecule has 0 radical (unpaired) electrons. The Hall–Kier alpha value is -1.84. The van der Waals surface area contributed by atoms with Crippen LogP contribution in [-0.2, 0) is 11.3 Å². The summed E-state index contributed by atoms with van der Waals surface area (Å²) >= 11 is 0. The molecule has 0 saturated heterocycles. The van der Waals surface area contributed by atoms with Gasteiger partial charge in [0.25, 0.3) is 0 Å². The average molecular weight is 234 g/mol. The number of nitrogens with zero attached hydrogens (tertiary/aromatic N) is 1. The Morgan fingerprint density at radius 1 is 1.53 bits per heavy atom. The number of hydrogen-bond acceptors (Lipinski definition) is 3. The van der Waals surface area contributed by atoms with E-state index < -0.39 is 0 Å². The number of rotatable bonds is 5. The summed E-state index contributed by atoms with van der Waals surface area (Å²) in [6.45, 7) is 6.66. The number of carbonyl (C=O) groups excluding carboxylic acids is 1. The number of allylic oxidation sites excluding steroid dienone is 1. The van der Waals surface area contributed by atoms with E-state index in [2.05, 4.69) is 10.3 Å². The molecule has 0 aliphatic rings. The Labute approximate surface area is 102 Å². The van der Waals surface area contributed by atoms with Gasteiger partial charge in [-0.1, -0.05) is 11.6 Å². The molecule has 1 heterocycles. The third-order valence-corrected chi connectivity index (χ3v) is 2.00. The van der Waals surface area contributed by atoms with Crippen molar-refractivity contribution in [3.05, 3.63) is 35.5 Å². The third kappa shape index (κ3) is 4.68. The summed E-state index contributed by atoms with van der Waals surface area (Å²) in [7, 11) is 0. The van der Waals surface area contributed by atoms with E-state index in [1.807, 2.05) is 32.9 Å². The summed E-state index contributed by atoms with van der Waals surface area (Å²) in [5.74, 6) is 0.476. The predicted octanol–water partition coefficient (Wildman–Crippen LogP) is 2.06. The minimum atomic E-state index is -0.101. The molecule has 0 aliphatic heterocycles. The van der Waals surface area contributed by atoms with E-state index >= 15 is 0 Å². The molecule has 0 bridgehead atoms. The fourth-order valence-corrected chi connectivity index (χ4v) is 1.32. The van der Waals surface area contributed by atoms with Crippen molar-refractivity contribution < 1.29 is 9.53 Å². The fraction of sp³-hybridized carbons (Fsp3) is 0.385. The highest BCUT2D eigenvalue weighted by molar-refractivity contribution is 5.87. The normalized spacial score (nSPS) is 9.59. The molecule has 1 rings (SSSR count). The van der Waals surface area contributed by atoms with Crippen LogP contribution in [0.4, 0.5) is 0 Å². The van der Waals surface area contributed by atoms with Crippen LogP contribution in [0.5, 0.6) is 5.88 Å². The van der Waals surface area contributed by atoms with Crippen LogP contribution in [0.3, 0.4) is 0 Å². The first-order valence-electron chi connectivity index (χ1n) is 5.63. The van der Waals surface area contributed by atoms with Crippen LogP contribution in [0, 0.1) is 0 Å². The Kier molecular flexibility index (Phi) is 5.20. The third-order valence-electron chi connectivity index (χ3n) is 2.00. The lowest BCUT2D eigenvalue weighted by atomic mass is 10.2. The van der Waals surface area contributed by atoms with Gasteiger partial charge in [0.15, 0.2) is 0 Å². The van der Waals surface area contributed by atoms with Crippen LogP contribution in [0.15, 0.2) is 30.0 Å². The summed E-state index contributed by atoms with van der Waals surface area (Å²) in [4.78, 5) is 15.6. The smallest absolute Gasteiger partial charge is 0.244 e. The van der Waals surface area contributed by atoms with Gasteiger partial charge in [-0.3, -0.25) is 4.79 Å². The van der Waals surface area contributed by atoms with Crippen molar-refractivity contribution in [2.24, 2.45) is 0 Å². The second-order valence-corrected chi connectivity index (χ2v) is 3.84. The highest BCUT2D eigenvalue weighted by Gasteiger charge is 2.04. The van der Waals surface area contributed by atoms with Gasteiger partial charge in [0, 0.05) is 24.4 Å². The van der Waals surface area contributed by atoms with Gasteiger partial charge in [-0.2, -0.15) is 0 Å². The van der Waals surface area contributed by atoms with E-state index in [-0.39, 0.29) is 5.91 Å². The number of amides is 1. The van der Waals surface area contributed by atoms with Gasteiger partial charge < -0.3 is 10.1 Å². The molecule has 1 aromatic rings. The van der Waals surface area contributed by atoms with Gasteiger partial charge in [0.1, 0.15) is 0 Å². The number of nitrogens with one attached hydrogen (secondary N) is 1. The van der Waals surface area contributed by atoms with E-state index in [1.54, 1.807) is 12.3 Å². The monoisotopic (exact) mass is 234 g/mol. The van der Waals surface area contributed by atoms with Crippen LogP contribution in [0.25, 0.3) is 0 Å². The summed E-state index contributed by atoms with van der Waals surface area (Å²) in [5.41, 5.74) is 1.85. The molecule has 0 unspecified atom stereocenters. The van der Waals surface area contributed by atoms with Crippen molar-refractivity contribution in [2.45, 2.75) is 27.3 Å². The van der Waals surface area contributed by atoms with Crippen molar-refractivity contribution in [2.75, 3.05) is 6.61 Å². The standard InChI is InChI=1S/C13H18N2O2/c1-4-17-13-11(6-5-7-14-13)9-15-12(16)8-10(2)3/h5-8H,4,9H2,1-3H3,(H,15,16). The van der Waals surface area contributed by atoms with E-state index in [9.17, 15) is 4.79 Å². The minimum Gasteiger partial charge on any atom is -0.478 e. The van der Waals surface area contributed by atoms with Crippen molar-refractivity contribution in [1.29, 1.82) is 0 Å². The highest BCUT2D eigenvalue weighted by atomic mass is 16.5. The maximum Gasteiger partial charge on any atom is 0.244 e.